The van der Waals surface area contributed by atoms with Gasteiger partial charge in [-0.1, -0.05) is 35.9 Å². The number of aryl methyl sites for hydroxylation is 1. The molecule has 0 bridgehead atoms. The first kappa shape index (κ1) is 23.3. The molecule has 0 heterocycles. The number of thioether (sulfide) groups is 1. The molecule has 2 aromatic rings. The summed E-state index contributed by atoms with van der Waals surface area (Å²) in [5.74, 6) is 0.483. The van der Waals surface area contributed by atoms with Gasteiger partial charge in [0.1, 0.15) is 6.04 Å². The Labute approximate surface area is 183 Å². The summed E-state index contributed by atoms with van der Waals surface area (Å²) in [6.45, 7) is 8.07. The van der Waals surface area contributed by atoms with Crippen molar-refractivity contribution >= 4 is 35.2 Å². The molecule has 2 aromatic carbocycles. The molecule has 0 spiro atoms. The molecule has 2 rings (SSSR count). The molecular weight excluding hydrogens is 404 g/mol. The average Bonchev–Trinajstić information content (AvgIpc) is 2.67. The lowest BCUT2D eigenvalue weighted by molar-refractivity contribution is -0.140. The Hall–Kier alpha value is -1.98. The SMILES string of the molecule is Cc1ccccc1CN(C(=O)CCSc1ccc(Cl)cc1)[C@H](C)C(=O)NC(C)C. The van der Waals surface area contributed by atoms with Gasteiger partial charge in [0.25, 0.3) is 0 Å². The third-order valence-electron chi connectivity index (χ3n) is 4.60. The fourth-order valence-corrected chi connectivity index (χ4v) is 3.86. The van der Waals surface area contributed by atoms with Crippen molar-refractivity contribution in [3.8, 4) is 0 Å². The number of amides is 2. The maximum absolute atomic E-state index is 13.0. The maximum Gasteiger partial charge on any atom is 0.242 e. The molecule has 6 heteroatoms. The van der Waals surface area contributed by atoms with Crippen LogP contribution in [-0.2, 0) is 16.1 Å². The second-order valence-electron chi connectivity index (χ2n) is 7.34. The van der Waals surface area contributed by atoms with Gasteiger partial charge >= 0.3 is 0 Å². The number of carbonyl (C=O) groups is 2. The highest BCUT2D eigenvalue weighted by Crippen LogP contribution is 2.22. The van der Waals surface area contributed by atoms with E-state index >= 15 is 0 Å². The summed E-state index contributed by atoms with van der Waals surface area (Å²) in [4.78, 5) is 28.4. The Morgan fingerprint density at radius 1 is 1.07 bits per heavy atom. The Kier molecular flexibility index (Phi) is 9.05. The van der Waals surface area contributed by atoms with Crippen LogP contribution in [0, 0.1) is 6.92 Å². The van der Waals surface area contributed by atoms with E-state index in [9.17, 15) is 9.59 Å². The van der Waals surface area contributed by atoms with E-state index in [0.29, 0.717) is 23.7 Å². The van der Waals surface area contributed by atoms with Crippen LogP contribution in [0.5, 0.6) is 0 Å². The Bertz CT molecular complexity index is 824. The smallest absolute Gasteiger partial charge is 0.242 e. The van der Waals surface area contributed by atoms with E-state index in [1.54, 1.807) is 23.6 Å². The van der Waals surface area contributed by atoms with Gasteiger partial charge in [0.05, 0.1) is 0 Å². The van der Waals surface area contributed by atoms with Crippen LogP contribution in [0.4, 0.5) is 0 Å². The number of benzene rings is 2. The van der Waals surface area contributed by atoms with E-state index in [4.69, 9.17) is 11.6 Å². The number of nitrogens with one attached hydrogen (secondary N) is 1. The Balaban J connectivity index is 2.07. The number of carbonyl (C=O) groups excluding carboxylic acids is 2. The van der Waals surface area contributed by atoms with E-state index in [1.807, 2.05) is 69.3 Å². The molecule has 0 radical (unpaired) electrons. The van der Waals surface area contributed by atoms with Crippen molar-refractivity contribution in [3.05, 3.63) is 64.7 Å². The van der Waals surface area contributed by atoms with Gasteiger partial charge in [-0.05, 0) is 63.1 Å². The Morgan fingerprint density at radius 3 is 2.34 bits per heavy atom. The van der Waals surface area contributed by atoms with Crippen LogP contribution in [0.25, 0.3) is 0 Å². The van der Waals surface area contributed by atoms with Crippen molar-refractivity contribution in [2.75, 3.05) is 5.75 Å². The van der Waals surface area contributed by atoms with Crippen LogP contribution in [-0.4, -0.2) is 34.6 Å². The van der Waals surface area contributed by atoms with Crippen LogP contribution in [0.2, 0.25) is 5.02 Å². The van der Waals surface area contributed by atoms with Gasteiger partial charge in [0.2, 0.25) is 11.8 Å². The minimum absolute atomic E-state index is 0.0267. The lowest BCUT2D eigenvalue weighted by atomic mass is 10.1. The lowest BCUT2D eigenvalue weighted by Crippen LogP contribution is -2.49. The molecule has 1 atom stereocenters. The van der Waals surface area contributed by atoms with E-state index < -0.39 is 6.04 Å². The molecule has 156 valence electrons. The highest BCUT2D eigenvalue weighted by atomic mass is 35.5. The van der Waals surface area contributed by atoms with Crippen LogP contribution in [0.3, 0.4) is 0 Å². The number of halogens is 1. The first-order valence-electron chi connectivity index (χ1n) is 9.80. The van der Waals surface area contributed by atoms with E-state index in [2.05, 4.69) is 5.32 Å². The van der Waals surface area contributed by atoms with Crippen molar-refractivity contribution in [3.63, 3.8) is 0 Å². The van der Waals surface area contributed by atoms with Gasteiger partial charge in [0, 0.05) is 34.7 Å². The van der Waals surface area contributed by atoms with Gasteiger partial charge in [-0.2, -0.15) is 0 Å². The summed E-state index contributed by atoms with van der Waals surface area (Å²) in [6.07, 6.45) is 0.360. The summed E-state index contributed by atoms with van der Waals surface area (Å²) >= 11 is 7.53. The minimum atomic E-state index is -0.537. The summed E-state index contributed by atoms with van der Waals surface area (Å²) in [5.41, 5.74) is 2.16. The van der Waals surface area contributed by atoms with Crippen LogP contribution in [0.15, 0.2) is 53.4 Å². The topological polar surface area (TPSA) is 49.4 Å². The second kappa shape index (κ2) is 11.3. The van der Waals surface area contributed by atoms with Gasteiger partial charge in [0.15, 0.2) is 0 Å². The zero-order valence-electron chi connectivity index (χ0n) is 17.4. The van der Waals surface area contributed by atoms with Crippen molar-refractivity contribution in [2.45, 2.75) is 57.6 Å². The average molecular weight is 433 g/mol. The van der Waals surface area contributed by atoms with Crippen molar-refractivity contribution in [1.82, 2.24) is 10.2 Å². The van der Waals surface area contributed by atoms with E-state index in [0.717, 1.165) is 16.0 Å². The predicted octanol–water partition coefficient (Wildman–Crippen LogP) is 5.07. The fraction of sp³-hybridized carbons (Fsp3) is 0.391. The van der Waals surface area contributed by atoms with Gasteiger partial charge in [-0.3, -0.25) is 9.59 Å². The molecule has 0 aromatic heterocycles. The summed E-state index contributed by atoms with van der Waals surface area (Å²) in [6, 6.07) is 15.0. The highest BCUT2D eigenvalue weighted by Gasteiger charge is 2.26. The van der Waals surface area contributed by atoms with Crippen LogP contribution in [0.1, 0.15) is 38.3 Å². The molecule has 0 aliphatic rings. The van der Waals surface area contributed by atoms with Gasteiger partial charge in [-0.15, -0.1) is 11.8 Å². The Morgan fingerprint density at radius 2 is 1.72 bits per heavy atom. The molecular formula is C23H29ClN2O2S. The molecule has 0 aliphatic carbocycles. The first-order chi connectivity index (χ1) is 13.8. The van der Waals surface area contributed by atoms with Crippen LogP contribution >= 0.6 is 23.4 Å². The molecule has 2 amide bonds. The lowest BCUT2D eigenvalue weighted by Gasteiger charge is -2.30. The number of hydrogen-bond acceptors (Lipinski definition) is 3. The quantitative estimate of drug-likeness (QED) is 0.562. The third-order valence-corrected chi connectivity index (χ3v) is 5.86. The number of nitrogens with zero attached hydrogens (tertiary/aromatic N) is 1. The van der Waals surface area contributed by atoms with E-state index in [1.165, 1.54) is 0 Å². The summed E-state index contributed by atoms with van der Waals surface area (Å²) in [5, 5.41) is 3.61. The second-order valence-corrected chi connectivity index (χ2v) is 8.94. The largest absolute Gasteiger partial charge is 0.352 e. The zero-order valence-corrected chi connectivity index (χ0v) is 19.0. The number of rotatable bonds is 9. The molecule has 0 aliphatic heterocycles. The molecule has 0 fully saturated rings. The molecule has 0 unspecified atom stereocenters. The molecule has 1 N–H and O–H groups in total. The normalized spacial score (nSPS) is 11.9. The van der Waals surface area contributed by atoms with Crippen molar-refractivity contribution in [1.29, 1.82) is 0 Å². The summed E-state index contributed by atoms with van der Waals surface area (Å²) in [7, 11) is 0. The monoisotopic (exact) mass is 432 g/mol. The predicted molar refractivity (Wildman–Crippen MR) is 121 cm³/mol. The van der Waals surface area contributed by atoms with Crippen LogP contribution < -0.4 is 5.32 Å². The highest BCUT2D eigenvalue weighted by molar-refractivity contribution is 7.99. The third kappa shape index (κ3) is 7.41. The number of hydrogen-bond donors (Lipinski definition) is 1. The van der Waals surface area contributed by atoms with Crippen molar-refractivity contribution in [2.24, 2.45) is 0 Å². The zero-order chi connectivity index (χ0) is 21.4. The fourth-order valence-electron chi connectivity index (χ4n) is 2.89. The minimum Gasteiger partial charge on any atom is -0.352 e. The van der Waals surface area contributed by atoms with E-state index in [-0.39, 0.29) is 17.9 Å². The molecule has 29 heavy (non-hydrogen) atoms. The van der Waals surface area contributed by atoms with Crippen molar-refractivity contribution < 1.29 is 9.59 Å². The molecule has 4 nitrogen and oxygen atoms in total. The van der Waals surface area contributed by atoms with Gasteiger partial charge in [-0.25, -0.2) is 0 Å². The first-order valence-corrected chi connectivity index (χ1v) is 11.2. The van der Waals surface area contributed by atoms with Gasteiger partial charge < -0.3 is 10.2 Å². The maximum atomic E-state index is 13.0. The summed E-state index contributed by atoms with van der Waals surface area (Å²) < 4.78 is 0. The molecule has 0 saturated carbocycles. The molecule has 0 saturated heterocycles. The standard InChI is InChI=1S/C23H29ClN2O2S/c1-16(2)25-23(28)18(4)26(15-19-8-6-5-7-17(19)3)22(27)13-14-29-21-11-9-20(24)10-12-21/h5-12,16,18H,13-15H2,1-4H3,(H,25,28)/t18-/m1/s1.